The average molecular weight is 469 g/mol. The molecule has 3 aromatic carbocycles. The first-order valence-electron chi connectivity index (χ1n) is 8.31. The van der Waals surface area contributed by atoms with Gasteiger partial charge in [-0.15, -0.1) is 0 Å². The Bertz CT molecular complexity index is 1060. The van der Waals surface area contributed by atoms with Gasteiger partial charge in [0.15, 0.2) is 23.3 Å². The smallest absolute Gasteiger partial charge is 0.342 e. The van der Waals surface area contributed by atoms with Gasteiger partial charge in [-0.25, -0.2) is 22.4 Å². The van der Waals surface area contributed by atoms with Crippen LogP contribution in [-0.2, 0) is 18.0 Å². The summed E-state index contributed by atoms with van der Waals surface area (Å²) in [5, 5.41) is 0. The molecule has 0 bridgehead atoms. The summed E-state index contributed by atoms with van der Waals surface area (Å²) in [6.07, 6.45) is 0. The van der Waals surface area contributed by atoms with E-state index < -0.39 is 29.2 Å². The SMILES string of the molecule is O=C(OCc1ccc(F)c(F)c1)c1cc(Br)ccc1OCc1cccc(F)c1F. The second-order valence-electron chi connectivity index (χ2n) is 5.97. The molecule has 29 heavy (non-hydrogen) atoms. The van der Waals surface area contributed by atoms with Crippen LogP contribution in [0.5, 0.6) is 5.75 Å². The van der Waals surface area contributed by atoms with E-state index in [0.29, 0.717) is 4.47 Å². The number of rotatable bonds is 6. The Hall–Kier alpha value is -2.87. The first-order chi connectivity index (χ1) is 13.8. The number of esters is 1. The highest BCUT2D eigenvalue weighted by molar-refractivity contribution is 9.10. The van der Waals surface area contributed by atoms with Crippen LogP contribution in [0.2, 0.25) is 0 Å². The predicted molar refractivity (Wildman–Crippen MR) is 100 cm³/mol. The average Bonchev–Trinajstić information content (AvgIpc) is 2.70. The molecule has 0 unspecified atom stereocenters. The molecule has 0 fully saturated rings. The fraction of sp³-hybridized carbons (Fsp3) is 0.0952. The lowest BCUT2D eigenvalue weighted by atomic mass is 10.2. The summed E-state index contributed by atoms with van der Waals surface area (Å²) < 4.78 is 64.5. The van der Waals surface area contributed by atoms with Crippen LogP contribution in [0.25, 0.3) is 0 Å². The molecule has 0 N–H and O–H groups in total. The van der Waals surface area contributed by atoms with Gasteiger partial charge >= 0.3 is 5.97 Å². The quantitative estimate of drug-likeness (QED) is 0.331. The molecule has 0 amide bonds. The van der Waals surface area contributed by atoms with Crippen molar-refractivity contribution in [2.24, 2.45) is 0 Å². The largest absolute Gasteiger partial charge is 0.488 e. The number of hydrogen-bond donors (Lipinski definition) is 0. The summed E-state index contributed by atoms with van der Waals surface area (Å²) in [6, 6.07) is 11.3. The van der Waals surface area contributed by atoms with Crippen LogP contribution in [0.3, 0.4) is 0 Å². The Balaban J connectivity index is 1.74. The molecule has 8 heteroatoms. The molecule has 3 aromatic rings. The maximum Gasteiger partial charge on any atom is 0.342 e. The Labute approximate surface area is 172 Å². The van der Waals surface area contributed by atoms with Crippen molar-refractivity contribution in [3.05, 3.63) is 99.0 Å². The molecule has 0 heterocycles. The minimum Gasteiger partial charge on any atom is -0.488 e. The van der Waals surface area contributed by atoms with Crippen molar-refractivity contribution in [1.29, 1.82) is 0 Å². The van der Waals surface area contributed by atoms with E-state index in [-0.39, 0.29) is 35.7 Å². The number of benzene rings is 3. The summed E-state index contributed by atoms with van der Waals surface area (Å²) in [7, 11) is 0. The first-order valence-corrected chi connectivity index (χ1v) is 9.10. The Morgan fingerprint density at radius 1 is 0.862 bits per heavy atom. The standard InChI is InChI=1S/C21H13BrF4O3/c22-14-5-7-19(28-11-13-2-1-3-17(24)20(13)26)15(9-14)21(27)29-10-12-4-6-16(23)18(25)8-12/h1-9H,10-11H2. The summed E-state index contributed by atoms with van der Waals surface area (Å²) >= 11 is 3.23. The van der Waals surface area contributed by atoms with E-state index in [1.807, 2.05) is 0 Å². The molecule has 0 saturated heterocycles. The van der Waals surface area contributed by atoms with Gasteiger partial charge in [0.05, 0.1) is 0 Å². The molecule has 0 saturated carbocycles. The molecule has 0 spiro atoms. The molecule has 3 nitrogen and oxygen atoms in total. The highest BCUT2D eigenvalue weighted by Crippen LogP contribution is 2.26. The van der Waals surface area contributed by atoms with E-state index in [1.54, 1.807) is 6.07 Å². The van der Waals surface area contributed by atoms with Crippen LogP contribution in [-0.4, -0.2) is 5.97 Å². The second-order valence-corrected chi connectivity index (χ2v) is 6.88. The number of carbonyl (C=O) groups excluding carboxylic acids is 1. The molecule has 0 radical (unpaired) electrons. The van der Waals surface area contributed by atoms with E-state index >= 15 is 0 Å². The highest BCUT2D eigenvalue weighted by Gasteiger charge is 2.17. The van der Waals surface area contributed by atoms with E-state index in [1.165, 1.54) is 30.3 Å². The lowest BCUT2D eigenvalue weighted by molar-refractivity contribution is 0.0467. The number of halogens is 5. The molecule has 0 aliphatic carbocycles. The fourth-order valence-corrected chi connectivity index (χ4v) is 2.82. The van der Waals surface area contributed by atoms with Crippen molar-refractivity contribution < 1.29 is 31.8 Å². The van der Waals surface area contributed by atoms with Crippen molar-refractivity contribution in [3.8, 4) is 5.75 Å². The van der Waals surface area contributed by atoms with Gasteiger partial charge in [0.2, 0.25) is 0 Å². The summed E-state index contributed by atoms with van der Waals surface area (Å²) in [4.78, 5) is 12.5. The summed E-state index contributed by atoms with van der Waals surface area (Å²) in [5.74, 6) is -4.80. The van der Waals surface area contributed by atoms with Crippen LogP contribution >= 0.6 is 15.9 Å². The number of ether oxygens (including phenoxy) is 2. The van der Waals surface area contributed by atoms with Gasteiger partial charge in [-0.05, 0) is 42.0 Å². The Kier molecular flexibility index (Phi) is 6.53. The van der Waals surface area contributed by atoms with E-state index in [0.717, 1.165) is 18.2 Å². The Morgan fingerprint density at radius 2 is 1.66 bits per heavy atom. The topological polar surface area (TPSA) is 35.5 Å². The number of carbonyl (C=O) groups is 1. The lowest BCUT2D eigenvalue weighted by Gasteiger charge is -2.13. The fourth-order valence-electron chi connectivity index (χ4n) is 2.46. The molecule has 0 atom stereocenters. The first kappa shape index (κ1) is 20.9. The third-order valence-corrected chi connectivity index (χ3v) is 4.42. The maximum absolute atomic E-state index is 13.8. The van der Waals surface area contributed by atoms with E-state index in [2.05, 4.69) is 15.9 Å². The van der Waals surface area contributed by atoms with Crippen LogP contribution in [0.4, 0.5) is 17.6 Å². The van der Waals surface area contributed by atoms with Gasteiger partial charge in [-0.3, -0.25) is 0 Å². The van der Waals surface area contributed by atoms with Gasteiger partial charge in [0, 0.05) is 10.0 Å². The summed E-state index contributed by atoms with van der Waals surface area (Å²) in [6.45, 7) is -0.602. The van der Waals surface area contributed by atoms with Crippen molar-refractivity contribution in [2.45, 2.75) is 13.2 Å². The van der Waals surface area contributed by atoms with Crippen molar-refractivity contribution in [3.63, 3.8) is 0 Å². The predicted octanol–water partition coefficient (Wildman–Crippen LogP) is 5.94. The highest BCUT2D eigenvalue weighted by atomic mass is 79.9. The minimum atomic E-state index is -1.05. The zero-order valence-electron chi connectivity index (χ0n) is 14.7. The number of hydrogen-bond acceptors (Lipinski definition) is 3. The van der Waals surface area contributed by atoms with Crippen molar-refractivity contribution in [1.82, 2.24) is 0 Å². The molecule has 150 valence electrons. The van der Waals surface area contributed by atoms with Gasteiger partial charge in [0.1, 0.15) is 24.5 Å². The third-order valence-electron chi connectivity index (χ3n) is 3.93. The normalized spacial score (nSPS) is 10.7. The molecule has 0 aliphatic heterocycles. The van der Waals surface area contributed by atoms with Crippen LogP contribution in [0.1, 0.15) is 21.5 Å². The summed E-state index contributed by atoms with van der Waals surface area (Å²) in [5.41, 5.74) is 0.268. The van der Waals surface area contributed by atoms with Gasteiger partial charge < -0.3 is 9.47 Å². The molecule has 3 rings (SSSR count). The molecule has 0 aliphatic rings. The third kappa shape index (κ3) is 5.14. The molecular weight excluding hydrogens is 456 g/mol. The van der Waals surface area contributed by atoms with Crippen LogP contribution in [0.15, 0.2) is 59.1 Å². The second kappa shape index (κ2) is 9.09. The lowest BCUT2D eigenvalue weighted by Crippen LogP contribution is -2.09. The van der Waals surface area contributed by atoms with Gasteiger partial charge in [0.25, 0.3) is 0 Å². The molecular formula is C21H13BrF4O3. The van der Waals surface area contributed by atoms with Crippen molar-refractivity contribution >= 4 is 21.9 Å². The van der Waals surface area contributed by atoms with Crippen LogP contribution in [0, 0.1) is 23.3 Å². The monoisotopic (exact) mass is 468 g/mol. The molecule has 0 aromatic heterocycles. The van der Waals surface area contributed by atoms with E-state index in [4.69, 9.17) is 9.47 Å². The van der Waals surface area contributed by atoms with Crippen LogP contribution < -0.4 is 4.74 Å². The maximum atomic E-state index is 13.8. The zero-order chi connectivity index (χ0) is 21.0. The van der Waals surface area contributed by atoms with Gasteiger partial charge in [-0.1, -0.05) is 34.1 Å². The zero-order valence-corrected chi connectivity index (χ0v) is 16.3. The minimum absolute atomic E-state index is 0.0194. The van der Waals surface area contributed by atoms with Gasteiger partial charge in [-0.2, -0.15) is 0 Å². The van der Waals surface area contributed by atoms with E-state index in [9.17, 15) is 22.4 Å². The Morgan fingerprint density at radius 3 is 2.41 bits per heavy atom. The van der Waals surface area contributed by atoms with Crippen molar-refractivity contribution in [2.75, 3.05) is 0 Å².